The maximum atomic E-state index is 5.62. The zero-order chi connectivity index (χ0) is 13.1. The third-order valence-electron chi connectivity index (χ3n) is 2.93. The van der Waals surface area contributed by atoms with Gasteiger partial charge in [0.05, 0.1) is 17.6 Å². The van der Waals surface area contributed by atoms with E-state index in [1.54, 1.807) is 0 Å². The molecule has 4 heteroatoms. The van der Waals surface area contributed by atoms with Crippen molar-refractivity contribution < 1.29 is 4.74 Å². The fraction of sp³-hybridized carbons (Fsp3) is 0.500. The van der Waals surface area contributed by atoms with Gasteiger partial charge >= 0.3 is 0 Å². The second-order valence-corrected chi connectivity index (χ2v) is 5.41. The van der Waals surface area contributed by atoms with Gasteiger partial charge in [-0.1, -0.05) is 26.0 Å². The normalized spacial score (nSPS) is 11.6. The molecule has 0 saturated carbocycles. The van der Waals surface area contributed by atoms with Gasteiger partial charge in [-0.3, -0.25) is 0 Å². The summed E-state index contributed by atoms with van der Waals surface area (Å²) in [7, 11) is 0. The first kappa shape index (κ1) is 13.3. The van der Waals surface area contributed by atoms with Crippen LogP contribution in [0.3, 0.4) is 0 Å². The van der Waals surface area contributed by atoms with Crippen molar-refractivity contribution in [3.8, 4) is 0 Å². The van der Waals surface area contributed by atoms with Crippen LogP contribution in [0.2, 0.25) is 0 Å². The number of aromatic amines is 1. The molecule has 2 aromatic rings. The molecule has 0 spiro atoms. The zero-order valence-corrected chi connectivity index (χ0v) is 12.0. The Hall–Kier alpha value is -1.13. The highest BCUT2D eigenvalue weighted by molar-refractivity contribution is 7.71. The first-order chi connectivity index (χ1) is 8.59. The Morgan fingerprint density at radius 1 is 1.39 bits per heavy atom. The number of aryl methyl sites for hydroxylation is 1. The molecule has 1 heterocycles. The molecule has 2 rings (SSSR count). The predicted octanol–water partition coefficient (Wildman–Crippen LogP) is 3.68. The van der Waals surface area contributed by atoms with E-state index in [0.29, 0.717) is 12.5 Å². The van der Waals surface area contributed by atoms with Crippen molar-refractivity contribution in [2.75, 3.05) is 13.2 Å². The molecule has 0 saturated heterocycles. The number of hydrogen-bond acceptors (Lipinski definition) is 2. The van der Waals surface area contributed by atoms with Crippen molar-refractivity contribution in [3.05, 3.63) is 28.5 Å². The number of rotatable bonds is 5. The van der Waals surface area contributed by atoms with E-state index in [0.717, 1.165) is 29.0 Å². The molecule has 0 bridgehead atoms. The lowest BCUT2D eigenvalue weighted by atomic mass is 10.2. The molecule has 0 aliphatic rings. The number of para-hydroxylation sites is 1. The van der Waals surface area contributed by atoms with Crippen LogP contribution < -0.4 is 0 Å². The van der Waals surface area contributed by atoms with E-state index in [-0.39, 0.29) is 0 Å². The van der Waals surface area contributed by atoms with Gasteiger partial charge < -0.3 is 14.3 Å². The summed E-state index contributed by atoms with van der Waals surface area (Å²) in [6, 6.07) is 6.25. The summed E-state index contributed by atoms with van der Waals surface area (Å²) in [4.78, 5) is 3.27. The average Bonchev–Trinajstić information content (AvgIpc) is 2.63. The molecule has 0 radical (unpaired) electrons. The van der Waals surface area contributed by atoms with E-state index in [1.807, 2.05) is 0 Å². The Kier molecular flexibility index (Phi) is 4.19. The zero-order valence-electron chi connectivity index (χ0n) is 11.2. The first-order valence-corrected chi connectivity index (χ1v) is 6.76. The molecule has 0 amide bonds. The lowest BCUT2D eigenvalue weighted by molar-refractivity contribution is 0.103. The van der Waals surface area contributed by atoms with Crippen molar-refractivity contribution in [1.29, 1.82) is 0 Å². The second-order valence-electron chi connectivity index (χ2n) is 5.02. The third-order valence-corrected chi connectivity index (χ3v) is 3.25. The molecule has 1 N–H and O–H groups in total. The van der Waals surface area contributed by atoms with Crippen LogP contribution in [0, 0.1) is 17.6 Å². The maximum absolute atomic E-state index is 5.62. The SMILES string of the molecule is Cc1cccc2c1[nH]c(=S)n2CCOCC(C)C. The molecule has 1 aromatic heterocycles. The average molecular weight is 264 g/mol. The van der Waals surface area contributed by atoms with Crippen LogP contribution in [0.5, 0.6) is 0 Å². The summed E-state index contributed by atoms with van der Waals surface area (Å²) in [5.41, 5.74) is 3.51. The van der Waals surface area contributed by atoms with Crippen molar-refractivity contribution >= 4 is 23.3 Å². The summed E-state index contributed by atoms with van der Waals surface area (Å²) in [6.07, 6.45) is 0. The molecule has 0 aliphatic heterocycles. The Morgan fingerprint density at radius 2 is 2.17 bits per heavy atom. The smallest absolute Gasteiger partial charge is 0.178 e. The topological polar surface area (TPSA) is 29.9 Å². The summed E-state index contributed by atoms with van der Waals surface area (Å²) in [5, 5.41) is 0. The molecule has 0 fully saturated rings. The van der Waals surface area contributed by atoms with E-state index in [2.05, 4.69) is 48.5 Å². The highest BCUT2D eigenvalue weighted by Crippen LogP contribution is 2.17. The van der Waals surface area contributed by atoms with E-state index in [9.17, 15) is 0 Å². The molecule has 0 atom stereocenters. The highest BCUT2D eigenvalue weighted by atomic mass is 32.1. The molecule has 98 valence electrons. The Labute approximate surface area is 113 Å². The standard InChI is InChI=1S/C14H20N2OS/c1-10(2)9-17-8-7-16-12-6-4-5-11(3)13(12)15-14(16)18/h4-6,10H,7-9H2,1-3H3,(H,15,18). The largest absolute Gasteiger partial charge is 0.379 e. The molecule has 0 aliphatic carbocycles. The predicted molar refractivity (Wildman–Crippen MR) is 77.5 cm³/mol. The third kappa shape index (κ3) is 2.82. The molecule has 0 unspecified atom stereocenters. The summed E-state index contributed by atoms with van der Waals surface area (Å²) in [6.45, 7) is 8.70. The van der Waals surface area contributed by atoms with E-state index < -0.39 is 0 Å². The maximum Gasteiger partial charge on any atom is 0.178 e. The Bertz CT molecular complexity index is 583. The second kappa shape index (κ2) is 5.67. The minimum absolute atomic E-state index is 0.572. The Balaban J connectivity index is 2.16. The monoisotopic (exact) mass is 264 g/mol. The van der Waals surface area contributed by atoms with Crippen molar-refractivity contribution in [1.82, 2.24) is 9.55 Å². The number of nitrogens with zero attached hydrogens (tertiary/aromatic N) is 1. The van der Waals surface area contributed by atoms with Gasteiger partial charge in [-0.15, -0.1) is 0 Å². The fourth-order valence-corrected chi connectivity index (χ4v) is 2.31. The van der Waals surface area contributed by atoms with Crippen molar-refractivity contribution in [2.24, 2.45) is 5.92 Å². The van der Waals surface area contributed by atoms with E-state index in [4.69, 9.17) is 17.0 Å². The van der Waals surface area contributed by atoms with Gasteiger partial charge in [-0.05, 0) is 36.7 Å². The number of nitrogens with one attached hydrogen (secondary N) is 1. The van der Waals surface area contributed by atoms with Crippen molar-refractivity contribution in [3.63, 3.8) is 0 Å². The van der Waals surface area contributed by atoms with Gasteiger partial charge in [0.25, 0.3) is 0 Å². The lowest BCUT2D eigenvalue weighted by Crippen LogP contribution is -2.09. The van der Waals surface area contributed by atoms with Gasteiger partial charge in [0.15, 0.2) is 4.77 Å². The summed E-state index contributed by atoms with van der Waals surface area (Å²) in [5.74, 6) is 0.572. The molecule has 18 heavy (non-hydrogen) atoms. The van der Waals surface area contributed by atoms with Crippen LogP contribution >= 0.6 is 12.2 Å². The van der Waals surface area contributed by atoms with Crippen LogP contribution in [0.4, 0.5) is 0 Å². The minimum atomic E-state index is 0.572. The van der Waals surface area contributed by atoms with Gasteiger partial charge in [0.1, 0.15) is 0 Å². The van der Waals surface area contributed by atoms with Crippen LogP contribution in [0.15, 0.2) is 18.2 Å². The Morgan fingerprint density at radius 3 is 2.89 bits per heavy atom. The van der Waals surface area contributed by atoms with Gasteiger partial charge in [0, 0.05) is 13.2 Å². The number of hydrogen-bond donors (Lipinski definition) is 1. The number of imidazole rings is 1. The minimum Gasteiger partial charge on any atom is -0.379 e. The van der Waals surface area contributed by atoms with Crippen LogP contribution in [0.25, 0.3) is 11.0 Å². The summed E-state index contributed by atoms with van der Waals surface area (Å²) >= 11 is 5.37. The number of H-pyrrole nitrogens is 1. The van der Waals surface area contributed by atoms with Crippen LogP contribution in [0.1, 0.15) is 19.4 Å². The van der Waals surface area contributed by atoms with E-state index >= 15 is 0 Å². The highest BCUT2D eigenvalue weighted by Gasteiger charge is 2.05. The van der Waals surface area contributed by atoms with Crippen molar-refractivity contribution in [2.45, 2.75) is 27.3 Å². The number of fused-ring (bicyclic) bond motifs is 1. The first-order valence-electron chi connectivity index (χ1n) is 6.35. The van der Waals surface area contributed by atoms with Gasteiger partial charge in [-0.2, -0.15) is 0 Å². The quantitative estimate of drug-likeness (QED) is 0.659. The molecular formula is C14H20N2OS. The van der Waals surface area contributed by atoms with Crippen LogP contribution in [-0.4, -0.2) is 22.8 Å². The molecular weight excluding hydrogens is 244 g/mol. The summed E-state index contributed by atoms with van der Waals surface area (Å²) < 4.78 is 8.50. The number of benzene rings is 1. The van der Waals surface area contributed by atoms with Crippen LogP contribution in [-0.2, 0) is 11.3 Å². The number of aromatic nitrogens is 2. The van der Waals surface area contributed by atoms with Gasteiger partial charge in [-0.25, -0.2) is 0 Å². The molecule has 1 aromatic carbocycles. The molecule has 3 nitrogen and oxygen atoms in total. The lowest BCUT2D eigenvalue weighted by Gasteiger charge is -2.08. The van der Waals surface area contributed by atoms with E-state index in [1.165, 1.54) is 5.56 Å². The fourth-order valence-electron chi connectivity index (χ4n) is 2.02. The van der Waals surface area contributed by atoms with Gasteiger partial charge in [0.2, 0.25) is 0 Å². The number of ether oxygens (including phenoxy) is 1.